The Morgan fingerprint density at radius 3 is 3.00 bits per heavy atom. The van der Waals surface area contributed by atoms with Crippen molar-refractivity contribution in [2.45, 2.75) is 13.0 Å². The lowest BCUT2D eigenvalue weighted by Crippen LogP contribution is -1.99. The Kier molecular flexibility index (Phi) is 3.29. The first-order chi connectivity index (χ1) is 7.33. The molecule has 80 valence electrons. The lowest BCUT2D eigenvalue weighted by atomic mass is 10.2. The average molecular weight is 224 g/mol. The molecule has 0 spiro atoms. The Bertz CT molecular complexity index is 450. The van der Waals surface area contributed by atoms with Crippen LogP contribution in [0, 0.1) is 0 Å². The minimum absolute atomic E-state index is 0.782. The summed E-state index contributed by atoms with van der Waals surface area (Å²) < 4.78 is 7.21. The van der Waals surface area contributed by atoms with Crippen molar-refractivity contribution in [1.29, 1.82) is 0 Å². The molecule has 0 radical (unpaired) electrons. The summed E-state index contributed by atoms with van der Waals surface area (Å²) in [5.74, 6) is 0. The highest BCUT2D eigenvalue weighted by atomic mass is 35.5. The molecule has 2 aromatic rings. The van der Waals surface area contributed by atoms with Gasteiger partial charge in [-0.3, -0.25) is 0 Å². The van der Waals surface area contributed by atoms with E-state index >= 15 is 0 Å². The van der Waals surface area contributed by atoms with Crippen LogP contribution in [0.4, 0.5) is 0 Å². The molecule has 0 bridgehead atoms. The summed E-state index contributed by atoms with van der Waals surface area (Å²) in [6.45, 7) is 1.73. The fourth-order valence-corrected chi connectivity index (χ4v) is 2.07. The van der Waals surface area contributed by atoms with E-state index in [4.69, 9.17) is 16.3 Å². The molecular formula is C12H14ClNO. The van der Waals surface area contributed by atoms with E-state index in [1.807, 2.05) is 12.1 Å². The van der Waals surface area contributed by atoms with Crippen LogP contribution in [-0.2, 0) is 11.3 Å². The summed E-state index contributed by atoms with van der Waals surface area (Å²) in [4.78, 5) is 0. The van der Waals surface area contributed by atoms with Gasteiger partial charge in [-0.1, -0.05) is 23.7 Å². The van der Waals surface area contributed by atoms with Crippen LogP contribution in [0.1, 0.15) is 6.42 Å². The third-order valence-corrected chi connectivity index (χ3v) is 2.79. The predicted molar refractivity (Wildman–Crippen MR) is 63.4 cm³/mol. The predicted octanol–water partition coefficient (Wildman–Crippen LogP) is 3.33. The van der Waals surface area contributed by atoms with Crippen molar-refractivity contribution in [3.8, 4) is 0 Å². The molecule has 0 aliphatic rings. The van der Waals surface area contributed by atoms with Gasteiger partial charge in [0.1, 0.15) is 0 Å². The van der Waals surface area contributed by atoms with Crippen molar-refractivity contribution in [2.24, 2.45) is 0 Å². The van der Waals surface area contributed by atoms with Gasteiger partial charge >= 0.3 is 0 Å². The normalized spacial score (nSPS) is 11.1. The molecule has 0 N–H and O–H groups in total. The lowest BCUT2D eigenvalue weighted by molar-refractivity contribution is 0.190. The maximum Gasteiger partial charge on any atom is 0.0669 e. The Hall–Kier alpha value is -0.990. The minimum Gasteiger partial charge on any atom is -0.385 e. The first kappa shape index (κ1) is 10.5. The molecule has 1 aromatic heterocycles. The molecule has 0 saturated heterocycles. The van der Waals surface area contributed by atoms with Gasteiger partial charge in [-0.2, -0.15) is 0 Å². The number of rotatable bonds is 4. The Morgan fingerprint density at radius 2 is 2.20 bits per heavy atom. The maximum atomic E-state index is 6.16. The van der Waals surface area contributed by atoms with Crippen LogP contribution in [0.2, 0.25) is 5.02 Å². The van der Waals surface area contributed by atoms with Gasteiger partial charge in [0, 0.05) is 31.8 Å². The van der Waals surface area contributed by atoms with Crippen LogP contribution in [-0.4, -0.2) is 18.3 Å². The zero-order valence-corrected chi connectivity index (χ0v) is 9.50. The molecule has 0 amide bonds. The number of aryl methyl sites for hydroxylation is 1. The monoisotopic (exact) mass is 223 g/mol. The number of para-hydroxylation sites is 1. The molecule has 0 fully saturated rings. The molecule has 15 heavy (non-hydrogen) atoms. The van der Waals surface area contributed by atoms with Crippen molar-refractivity contribution in [1.82, 2.24) is 4.57 Å². The lowest BCUT2D eigenvalue weighted by Gasteiger charge is -2.05. The van der Waals surface area contributed by atoms with Crippen LogP contribution in [0.5, 0.6) is 0 Å². The number of nitrogens with zero attached hydrogens (tertiary/aromatic N) is 1. The number of benzene rings is 1. The molecule has 1 heterocycles. The summed E-state index contributed by atoms with van der Waals surface area (Å²) in [7, 11) is 1.72. The molecule has 2 rings (SSSR count). The van der Waals surface area contributed by atoms with E-state index < -0.39 is 0 Å². The number of aromatic nitrogens is 1. The second kappa shape index (κ2) is 4.69. The van der Waals surface area contributed by atoms with Crippen LogP contribution < -0.4 is 0 Å². The van der Waals surface area contributed by atoms with Gasteiger partial charge in [0.2, 0.25) is 0 Å². The van der Waals surface area contributed by atoms with Gasteiger partial charge in [0.05, 0.1) is 10.5 Å². The number of fused-ring (bicyclic) bond motifs is 1. The van der Waals surface area contributed by atoms with Gasteiger partial charge in [-0.05, 0) is 18.6 Å². The molecule has 0 unspecified atom stereocenters. The number of hydrogen-bond donors (Lipinski definition) is 0. The fourth-order valence-electron chi connectivity index (χ4n) is 1.78. The highest BCUT2D eigenvalue weighted by Crippen LogP contribution is 2.24. The Labute approximate surface area is 94.4 Å². The molecule has 0 aliphatic heterocycles. The topological polar surface area (TPSA) is 14.2 Å². The SMILES string of the molecule is COCCCn1ccc2cccc(Cl)c21. The number of halogens is 1. The summed E-state index contributed by atoms with van der Waals surface area (Å²) in [5.41, 5.74) is 1.12. The Morgan fingerprint density at radius 1 is 1.33 bits per heavy atom. The molecule has 0 saturated carbocycles. The molecule has 0 aliphatic carbocycles. The molecular weight excluding hydrogens is 210 g/mol. The summed E-state index contributed by atoms with van der Waals surface area (Å²) >= 11 is 6.16. The van der Waals surface area contributed by atoms with Crippen molar-refractivity contribution in [3.05, 3.63) is 35.5 Å². The van der Waals surface area contributed by atoms with E-state index in [1.54, 1.807) is 7.11 Å². The first-order valence-corrected chi connectivity index (χ1v) is 5.43. The maximum absolute atomic E-state index is 6.16. The summed E-state index contributed by atoms with van der Waals surface area (Å²) in [6, 6.07) is 8.07. The van der Waals surface area contributed by atoms with Crippen molar-refractivity contribution < 1.29 is 4.74 Å². The number of ether oxygens (including phenoxy) is 1. The van der Waals surface area contributed by atoms with Crippen molar-refractivity contribution in [2.75, 3.05) is 13.7 Å². The Balaban J connectivity index is 2.27. The second-order valence-electron chi connectivity index (χ2n) is 3.53. The third-order valence-electron chi connectivity index (χ3n) is 2.49. The fraction of sp³-hybridized carbons (Fsp3) is 0.333. The van der Waals surface area contributed by atoms with Gasteiger partial charge in [0.25, 0.3) is 0 Å². The molecule has 1 aromatic carbocycles. The van der Waals surface area contributed by atoms with E-state index in [0.29, 0.717) is 0 Å². The first-order valence-electron chi connectivity index (χ1n) is 5.05. The number of methoxy groups -OCH3 is 1. The molecule has 2 nitrogen and oxygen atoms in total. The van der Waals surface area contributed by atoms with Crippen molar-refractivity contribution >= 4 is 22.5 Å². The second-order valence-corrected chi connectivity index (χ2v) is 3.94. The number of hydrogen-bond acceptors (Lipinski definition) is 1. The average Bonchev–Trinajstić information content (AvgIpc) is 2.63. The zero-order valence-electron chi connectivity index (χ0n) is 8.74. The smallest absolute Gasteiger partial charge is 0.0669 e. The van der Waals surface area contributed by atoms with Gasteiger partial charge in [0.15, 0.2) is 0 Å². The van der Waals surface area contributed by atoms with Crippen LogP contribution >= 0.6 is 11.6 Å². The van der Waals surface area contributed by atoms with E-state index in [2.05, 4.69) is 22.9 Å². The summed E-state index contributed by atoms with van der Waals surface area (Å²) in [6.07, 6.45) is 3.08. The van der Waals surface area contributed by atoms with Gasteiger partial charge in [-0.15, -0.1) is 0 Å². The highest BCUT2D eigenvalue weighted by Gasteiger charge is 2.03. The van der Waals surface area contributed by atoms with Gasteiger partial charge in [-0.25, -0.2) is 0 Å². The quantitative estimate of drug-likeness (QED) is 0.726. The summed E-state index contributed by atoms with van der Waals surface area (Å²) in [5, 5.41) is 2.01. The van der Waals surface area contributed by atoms with Crippen LogP contribution in [0.25, 0.3) is 10.9 Å². The largest absolute Gasteiger partial charge is 0.385 e. The minimum atomic E-state index is 0.782. The molecule has 3 heteroatoms. The zero-order chi connectivity index (χ0) is 10.7. The standard InChI is InChI=1S/C12H14ClNO/c1-15-9-3-7-14-8-6-10-4-2-5-11(13)12(10)14/h2,4-6,8H,3,7,9H2,1H3. The van der Waals surface area contributed by atoms with E-state index in [0.717, 1.165) is 30.1 Å². The van der Waals surface area contributed by atoms with E-state index in [9.17, 15) is 0 Å². The highest BCUT2D eigenvalue weighted by molar-refractivity contribution is 6.35. The van der Waals surface area contributed by atoms with Crippen molar-refractivity contribution in [3.63, 3.8) is 0 Å². The van der Waals surface area contributed by atoms with Gasteiger partial charge < -0.3 is 9.30 Å². The van der Waals surface area contributed by atoms with Crippen LogP contribution in [0.3, 0.4) is 0 Å². The van der Waals surface area contributed by atoms with E-state index in [1.165, 1.54) is 5.39 Å². The van der Waals surface area contributed by atoms with E-state index in [-0.39, 0.29) is 0 Å². The molecule has 0 atom stereocenters. The third kappa shape index (κ3) is 2.16. The van der Waals surface area contributed by atoms with Crippen LogP contribution in [0.15, 0.2) is 30.5 Å².